The van der Waals surface area contributed by atoms with Crippen molar-refractivity contribution in [2.75, 3.05) is 26.1 Å². The molecule has 0 fully saturated rings. The molecule has 2 N–H and O–H groups in total. The number of carbonyl (C=O) groups excluding carboxylic acids is 1. The van der Waals surface area contributed by atoms with Crippen molar-refractivity contribution >= 4 is 35.2 Å². The first kappa shape index (κ1) is 25.7. The van der Waals surface area contributed by atoms with Crippen LogP contribution in [-0.2, 0) is 9.53 Å². The van der Waals surface area contributed by atoms with Crippen molar-refractivity contribution in [1.82, 2.24) is 4.57 Å². The van der Waals surface area contributed by atoms with E-state index in [1.54, 1.807) is 44.2 Å². The SMILES string of the molecule is CCOC(=O)C1=C(C)N=c2s/c(=C\Nc3ccc(C(=O)O)cc3)c(=O)n2[C@@H]1c1ccc(OC)c(OC)c1. The number of aromatic carboxylic acids is 1. The summed E-state index contributed by atoms with van der Waals surface area (Å²) in [6.45, 7) is 3.59. The summed E-state index contributed by atoms with van der Waals surface area (Å²) in [5.74, 6) is -0.626. The summed E-state index contributed by atoms with van der Waals surface area (Å²) in [5, 5.41) is 12.1. The molecule has 11 heteroatoms. The molecule has 0 saturated heterocycles. The number of rotatable bonds is 8. The molecule has 4 rings (SSSR count). The summed E-state index contributed by atoms with van der Waals surface area (Å²) < 4.78 is 17.9. The van der Waals surface area contributed by atoms with Crippen molar-refractivity contribution in [3.05, 3.63) is 84.5 Å². The minimum Gasteiger partial charge on any atom is -0.493 e. The van der Waals surface area contributed by atoms with Crippen molar-refractivity contribution in [2.45, 2.75) is 19.9 Å². The van der Waals surface area contributed by atoms with E-state index in [0.717, 1.165) is 0 Å². The van der Waals surface area contributed by atoms with Crippen LogP contribution in [0.3, 0.4) is 0 Å². The van der Waals surface area contributed by atoms with Crippen molar-refractivity contribution in [3.8, 4) is 11.5 Å². The third-order valence-corrected chi connectivity index (χ3v) is 6.73. The number of carbonyl (C=O) groups is 2. The Labute approximate surface area is 215 Å². The van der Waals surface area contributed by atoms with E-state index in [2.05, 4.69) is 10.3 Å². The molecule has 192 valence electrons. The Morgan fingerprint density at radius 1 is 1.14 bits per heavy atom. The molecular weight excluding hydrogens is 498 g/mol. The standard InChI is InChI=1S/C26H25N3O7S/c1-5-36-25(33)21-14(2)28-26-29(22(21)16-8-11-18(34-3)19(12-16)35-4)23(30)20(37-26)13-27-17-9-6-15(7-10-17)24(31)32/h6-13,22,27H,5H2,1-4H3,(H,31,32)/b20-13-/t22-/m1/s1. The molecule has 0 unspecified atom stereocenters. The predicted molar refractivity (Wildman–Crippen MR) is 138 cm³/mol. The van der Waals surface area contributed by atoms with Gasteiger partial charge in [0.25, 0.3) is 5.56 Å². The van der Waals surface area contributed by atoms with E-state index < -0.39 is 18.0 Å². The Kier molecular flexibility index (Phi) is 7.44. The molecule has 1 aliphatic rings. The van der Waals surface area contributed by atoms with Gasteiger partial charge in [-0.3, -0.25) is 9.36 Å². The number of hydrogen-bond acceptors (Lipinski definition) is 9. The molecule has 1 aliphatic heterocycles. The average Bonchev–Trinajstić information content (AvgIpc) is 3.20. The number of ether oxygens (including phenoxy) is 3. The zero-order valence-corrected chi connectivity index (χ0v) is 21.4. The van der Waals surface area contributed by atoms with Gasteiger partial charge in [0.2, 0.25) is 0 Å². The molecule has 2 heterocycles. The van der Waals surface area contributed by atoms with E-state index in [1.165, 1.54) is 48.5 Å². The van der Waals surface area contributed by atoms with Crippen LogP contribution in [-0.4, -0.2) is 42.4 Å². The maximum absolute atomic E-state index is 13.6. The molecule has 3 aromatic rings. The second-order valence-electron chi connectivity index (χ2n) is 7.94. The summed E-state index contributed by atoms with van der Waals surface area (Å²) in [7, 11) is 3.03. The van der Waals surface area contributed by atoms with Gasteiger partial charge in [-0.1, -0.05) is 17.4 Å². The summed E-state index contributed by atoms with van der Waals surface area (Å²) in [5.41, 5.74) is 1.73. The highest BCUT2D eigenvalue weighted by atomic mass is 32.1. The first-order valence-electron chi connectivity index (χ1n) is 11.3. The van der Waals surface area contributed by atoms with Crippen LogP contribution in [0.5, 0.6) is 11.5 Å². The number of allylic oxidation sites excluding steroid dienone is 1. The van der Waals surface area contributed by atoms with Gasteiger partial charge >= 0.3 is 11.9 Å². The number of esters is 1. The Hall–Kier alpha value is -4.38. The lowest BCUT2D eigenvalue weighted by molar-refractivity contribution is -0.139. The van der Waals surface area contributed by atoms with E-state index in [9.17, 15) is 14.4 Å². The highest BCUT2D eigenvalue weighted by Crippen LogP contribution is 2.36. The van der Waals surface area contributed by atoms with E-state index in [1.807, 2.05) is 0 Å². The largest absolute Gasteiger partial charge is 0.493 e. The number of nitrogens with zero attached hydrogens (tertiary/aromatic N) is 2. The van der Waals surface area contributed by atoms with Crippen molar-refractivity contribution < 1.29 is 28.9 Å². The zero-order valence-electron chi connectivity index (χ0n) is 20.6. The Morgan fingerprint density at radius 2 is 1.84 bits per heavy atom. The van der Waals surface area contributed by atoms with Crippen LogP contribution in [0.4, 0.5) is 5.69 Å². The molecule has 0 radical (unpaired) electrons. The van der Waals surface area contributed by atoms with Crippen LogP contribution in [0.2, 0.25) is 0 Å². The van der Waals surface area contributed by atoms with Gasteiger partial charge in [0.05, 0.1) is 43.7 Å². The molecule has 0 spiro atoms. The van der Waals surface area contributed by atoms with E-state index >= 15 is 0 Å². The first-order chi connectivity index (χ1) is 17.8. The summed E-state index contributed by atoms with van der Waals surface area (Å²) in [6, 6.07) is 10.5. The number of aromatic nitrogens is 1. The fourth-order valence-electron chi connectivity index (χ4n) is 3.99. The lowest BCUT2D eigenvalue weighted by atomic mass is 9.95. The van der Waals surface area contributed by atoms with E-state index in [-0.39, 0.29) is 23.3 Å². The summed E-state index contributed by atoms with van der Waals surface area (Å²) >= 11 is 1.17. The van der Waals surface area contributed by atoms with Crippen LogP contribution >= 0.6 is 11.3 Å². The predicted octanol–water partition coefficient (Wildman–Crippen LogP) is 2.54. The zero-order chi connectivity index (χ0) is 26.7. The van der Waals surface area contributed by atoms with Crippen molar-refractivity contribution in [1.29, 1.82) is 0 Å². The second-order valence-corrected chi connectivity index (χ2v) is 8.95. The molecule has 2 aromatic carbocycles. The van der Waals surface area contributed by atoms with E-state index in [4.69, 9.17) is 19.3 Å². The van der Waals surface area contributed by atoms with Crippen LogP contribution in [0.25, 0.3) is 6.20 Å². The molecule has 0 saturated carbocycles. The monoisotopic (exact) mass is 523 g/mol. The minimum atomic E-state index is -1.03. The highest BCUT2D eigenvalue weighted by molar-refractivity contribution is 7.07. The molecule has 0 amide bonds. The fraction of sp³-hybridized carbons (Fsp3) is 0.231. The van der Waals surface area contributed by atoms with Gasteiger partial charge in [0.15, 0.2) is 16.3 Å². The van der Waals surface area contributed by atoms with Crippen LogP contribution in [0, 0.1) is 0 Å². The summed E-state index contributed by atoms with van der Waals surface area (Å²) in [6.07, 6.45) is 1.54. The molecule has 1 atom stereocenters. The number of methoxy groups -OCH3 is 2. The van der Waals surface area contributed by atoms with Gasteiger partial charge in [-0.2, -0.15) is 0 Å². The van der Waals surface area contributed by atoms with E-state index in [0.29, 0.717) is 37.8 Å². The minimum absolute atomic E-state index is 0.154. The van der Waals surface area contributed by atoms with Gasteiger partial charge < -0.3 is 24.6 Å². The van der Waals surface area contributed by atoms with Crippen molar-refractivity contribution in [3.63, 3.8) is 0 Å². The third kappa shape index (κ3) is 4.98. The third-order valence-electron chi connectivity index (χ3n) is 5.74. The summed E-state index contributed by atoms with van der Waals surface area (Å²) in [4.78, 5) is 42.7. The molecule has 0 aliphatic carbocycles. The van der Waals surface area contributed by atoms with Crippen LogP contribution in [0.1, 0.15) is 35.8 Å². The lowest BCUT2D eigenvalue weighted by Crippen LogP contribution is -2.40. The molecule has 1 aromatic heterocycles. The topological polar surface area (TPSA) is 128 Å². The van der Waals surface area contributed by atoms with Gasteiger partial charge in [-0.05, 0) is 55.8 Å². The molecule has 37 heavy (non-hydrogen) atoms. The maximum atomic E-state index is 13.6. The lowest BCUT2D eigenvalue weighted by Gasteiger charge is -2.25. The number of hydrogen-bond donors (Lipinski definition) is 2. The first-order valence-corrected chi connectivity index (χ1v) is 12.1. The van der Waals surface area contributed by atoms with Crippen molar-refractivity contribution in [2.24, 2.45) is 4.99 Å². The Morgan fingerprint density at radius 3 is 2.46 bits per heavy atom. The Bertz CT molecular complexity index is 1570. The number of nitrogens with one attached hydrogen (secondary N) is 1. The van der Waals surface area contributed by atoms with Gasteiger partial charge in [0.1, 0.15) is 4.53 Å². The van der Waals surface area contributed by atoms with Gasteiger partial charge in [0, 0.05) is 11.9 Å². The molecular formula is C26H25N3O7S. The number of carboxylic acid groups (broad SMARTS) is 1. The molecule has 10 nitrogen and oxygen atoms in total. The number of fused-ring (bicyclic) bond motifs is 1. The second kappa shape index (κ2) is 10.7. The number of anilines is 1. The number of thiazole rings is 1. The highest BCUT2D eigenvalue weighted by Gasteiger charge is 2.33. The fourth-order valence-corrected chi connectivity index (χ4v) is 4.96. The van der Waals surface area contributed by atoms with Gasteiger partial charge in [-0.25, -0.2) is 14.6 Å². The van der Waals surface area contributed by atoms with Crippen LogP contribution < -0.4 is 29.7 Å². The quantitative estimate of drug-likeness (QED) is 0.431. The smallest absolute Gasteiger partial charge is 0.338 e. The van der Waals surface area contributed by atoms with Crippen LogP contribution in [0.15, 0.2) is 63.5 Å². The molecule has 0 bridgehead atoms. The average molecular weight is 524 g/mol. The normalized spacial score (nSPS) is 15.0. The Balaban J connectivity index is 1.84. The maximum Gasteiger partial charge on any atom is 0.338 e. The van der Waals surface area contributed by atoms with Gasteiger partial charge in [-0.15, -0.1) is 0 Å². The number of carboxylic acids is 1. The number of benzene rings is 2.